The third kappa shape index (κ3) is 3.72. The Kier molecular flexibility index (Phi) is 4.57. The van der Waals surface area contributed by atoms with Gasteiger partial charge in [-0.25, -0.2) is 4.98 Å². The van der Waals surface area contributed by atoms with Crippen LogP contribution in [0.25, 0.3) is 5.13 Å². The molecule has 0 aliphatic rings. The van der Waals surface area contributed by atoms with Gasteiger partial charge in [0.2, 0.25) is 0 Å². The summed E-state index contributed by atoms with van der Waals surface area (Å²) in [5.74, 6) is -0.415. The van der Waals surface area contributed by atoms with Crippen LogP contribution in [0.5, 0.6) is 5.75 Å². The number of aryl methyl sites for hydroxylation is 2. The summed E-state index contributed by atoms with van der Waals surface area (Å²) in [5, 5.41) is 12.5. The van der Waals surface area contributed by atoms with E-state index in [1.807, 2.05) is 6.92 Å². The molecule has 3 rings (SSSR count). The Morgan fingerprint density at radius 3 is 2.80 bits per heavy atom. The minimum absolute atomic E-state index is 0.119. The molecule has 0 saturated heterocycles. The molecule has 25 heavy (non-hydrogen) atoms. The van der Waals surface area contributed by atoms with Crippen LogP contribution >= 0.6 is 11.3 Å². The predicted molar refractivity (Wildman–Crippen MR) is 92.1 cm³/mol. The Hall–Kier alpha value is -3.07. The maximum atomic E-state index is 12.4. The average Bonchev–Trinajstić information content (AvgIpc) is 2.95. The lowest BCUT2D eigenvalue weighted by Gasteiger charge is -2.03. The summed E-state index contributed by atoms with van der Waals surface area (Å²) in [4.78, 5) is 37.3. The maximum Gasteiger partial charge on any atom is 0.263 e. The number of nitrogens with one attached hydrogen (secondary N) is 1. The van der Waals surface area contributed by atoms with Gasteiger partial charge in [0.1, 0.15) is 10.6 Å². The largest absolute Gasteiger partial charge is 0.508 e. The number of aromatic hydroxyl groups is 1. The van der Waals surface area contributed by atoms with E-state index < -0.39 is 5.56 Å². The van der Waals surface area contributed by atoms with Crippen molar-refractivity contribution in [1.29, 1.82) is 0 Å². The van der Waals surface area contributed by atoms with E-state index in [4.69, 9.17) is 0 Å². The molecule has 128 valence electrons. The molecule has 3 heterocycles. The van der Waals surface area contributed by atoms with Crippen molar-refractivity contribution in [2.24, 2.45) is 0 Å². The molecule has 9 heteroatoms. The number of thiazole rings is 1. The molecule has 0 spiro atoms. The van der Waals surface area contributed by atoms with Crippen molar-refractivity contribution >= 4 is 17.2 Å². The van der Waals surface area contributed by atoms with Crippen molar-refractivity contribution in [3.8, 4) is 10.9 Å². The van der Waals surface area contributed by atoms with Crippen molar-refractivity contribution in [2.45, 2.75) is 20.4 Å². The molecule has 0 bridgehead atoms. The Labute approximate surface area is 146 Å². The summed E-state index contributed by atoms with van der Waals surface area (Å²) in [6.07, 6.45) is 4.66. The SMILES string of the molecule is Cc1cnc(CNC(=O)c2sc(-n3ccc(O)cc3=O)nc2C)cn1. The normalized spacial score (nSPS) is 10.6. The molecule has 0 atom stereocenters. The van der Waals surface area contributed by atoms with Gasteiger partial charge in [-0.2, -0.15) is 0 Å². The number of amides is 1. The molecule has 0 fully saturated rings. The number of hydrogen-bond donors (Lipinski definition) is 2. The molecule has 0 aromatic carbocycles. The fourth-order valence-electron chi connectivity index (χ4n) is 2.08. The molecule has 0 saturated carbocycles. The second kappa shape index (κ2) is 6.81. The standard InChI is InChI=1S/C16H15N5O3S/c1-9-6-18-11(7-17-9)8-19-15(24)14-10(2)20-16(25-14)21-4-3-12(22)5-13(21)23/h3-7,22H,8H2,1-2H3,(H,19,24). The topological polar surface area (TPSA) is 110 Å². The number of nitrogens with zero attached hydrogens (tertiary/aromatic N) is 4. The monoisotopic (exact) mass is 357 g/mol. The maximum absolute atomic E-state index is 12.4. The highest BCUT2D eigenvalue weighted by Crippen LogP contribution is 2.21. The summed E-state index contributed by atoms with van der Waals surface area (Å²) in [6.45, 7) is 3.78. The smallest absolute Gasteiger partial charge is 0.263 e. The molecule has 2 N–H and O–H groups in total. The van der Waals surface area contributed by atoms with Gasteiger partial charge in [-0.3, -0.25) is 24.1 Å². The second-order valence-electron chi connectivity index (χ2n) is 5.34. The van der Waals surface area contributed by atoms with Crippen molar-refractivity contribution < 1.29 is 9.90 Å². The molecule has 0 aliphatic heterocycles. The Bertz CT molecular complexity index is 978. The molecular formula is C16H15N5O3S. The van der Waals surface area contributed by atoms with E-state index in [0.717, 1.165) is 23.1 Å². The summed E-state index contributed by atoms with van der Waals surface area (Å²) in [5.41, 5.74) is 1.55. The number of carbonyl (C=O) groups excluding carboxylic acids is 1. The van der Waals surface area contributed by atoms with Crippen LogP contribution in [-0.4, -0.2) is 30.5 Å². The van der Waals surface area contributed by atoms with E-state index >= 15 is 0 Å². The van der Waals surface area contributed by atoms with Crippen LogP contribution < -0.4 is 10.9 Å². The zero-order valence-corrected chi connectivity index (χ0v) is 14.4. The molecule has 8 nitrogen and oxygen atoms in total. The molecule has 3 aromatic heterocycles. The molecule has 3 aromatic rings. The van der Waals surface area contributed by atoms with Crippen molar-refractivity contribution in [2.75, 3.05) is 0 Å². The molecule has 0 radical (unpaired) electrons. The van der Waals surface area contributed by atoms with Crippen molar-refractivity contribution in [3.05, 3.63) is 63.0 Å². The quantitative estimate of drug-likeness (QED) is 0.729. The highest BCUT2D eigenvalue weighted by atomic mass is 32.1. The second-order valence-corrected chi connectivity index (χ2v) is 6.31. The lowest BCUT2D eigenvalue weighted by atomic mass is 10.3. The fraction of sp³-hybridized carbons (Fsp3) is 0.188. The van der Waals surface area contributed by atoms with Gasteiger partial charge >= 0.3 is 0 Å². The van der Waals surface area contributed by atoms with Crippen LogP contribution in [0.2, 0.25) is 0 Å². The zero-order chi connectivity index (χ0) is 18.0. The number of pyridine rings is 1. The third-order valence-corrected chi connectivity index (χ3v) is 4.52. The van der Waals surface area contributed by atoms with E-state index in [0.29, 0.717) is 21.4 Å². The Morgan fingerprint density at radius 2 is 2.12 bits per heavy atom. The van der Waals surface area contributed by atoms with E-state index in [9.17, 15) is 14.7 Å². The first-order valence-corrected chi connectivity index (χ1v) is 8.21. The first-order valence-electron chi connectivity index (χ1n) is 7.39. The Morgan fingerprint density at radius 1 is 1.32 bits per heavy atom. The summed E-state index contributed by atoms with van der Waals surface area (Å²) < 4.78 is 1.28. The highest BCUT2D eigenvalue weighted by molar-refractivity contribution is 7.16. The van der Waals surface area contributed by atoms with Crippen LogP contribution in [-0.2, 0) is 6.54 Å². The first kappa shape index (κ1) is 16.8. The minimum atomic E-state index is -0.421. The van der Waals surface area contributed by atoms with E-state index in [1.54, 1.807) is 19.3 Å². The lowest BCUT2D eigenvalue weighted by Crippen LogP contribution is -2.23. The summed E-state index contributed by atoms with van der Waals surface area (Å²) in [6, 6.07) is 2.47. The Balaban J connectivity index is 1.78. The first-order chi connectivity index (χ1) is 11.9. The molecule has 1 amide bonds. The lowest BCUT2D eigenvalue weighted by molar-refractivity contribution is 0.0953. The molecular weight excluding hydrogens is 342 g/mol. The van der Waals surface area contributed by atoms with E-state index in [2.05, 4.69) is 20.3 Å². The fourth-order valence-corrected chi connectivity index (χ4v) is 3.06. The van der Waals surface area contributed by atoms with Crippen molar-refractivity contribution in [3.63, 3.8) is 0 Å². The van der Waals surface area contributed by atoms with E-state index in [-0.39, 0.29) is 18.2 Å². The third-order valence-electron chi connectivity index (χ3n) is 3.37. The van der Waals surface area contributed by atoms with Gasteiger partial charge in [-0.15, -0.1) is 0 Å². The van der Waals surface area contributed by atoms with Crippen LogP contribution in [0.15, 0.2) is 35.5 Å². The van der Waals surface area contributed by atoms with Crippen LogP contribution in [0.3, 0.4) is 0 Å². The summed E-state index contributed by atoms with van der Waals surface area (Å²) >= 11 is 1.10. The number of carbonyl (C=O) groups is 1. The predicted octanol–water partition coefficient (Wildman–Crippen LogP) is 1.34. The van der Waals surface area contributed by atoms with Gasteiger partial charge in [0, 0.05) is 18.5 Å². The number of hydrogen-bond acceptors (Lipinski definition) is 7. The van der Waals surface area contributed by atoms with Gasteiger partial charge in [0.05, 0.1) is 29.8 Å². The van der Waals surface area contributed by atoms with E-state index in [1.165, 1.54) is 16.8 Å². The molecule has 0 unspecified atom stereocenters. The van der Waals surface area contributed by atoms with Gasteiger partial charge in [-0.05, 0) is 19.9 Å². The van der Waals surface area contributed by atoms with Crippen molar-refractivity contribution in [1.82, 2.24) is 24.8 Å². The van der Waals surface area contributed by atoms with Crippen LogP contribution in [0.1, 0.15) is 26.8 Å². The summed E-state index contributed by atoms with van der Waals surface area (Å²) in [7, 11) is 0. The minimum Gasteiger partial charge on any atom is -0.508 e. The zero-order valence-electron chi connectivity index (χ0n) is 13.6. The number of rotatable bonds is 4. The molecule has 0 aliphatic carbocycles. The van der Waals surface area contributed by atoms with Gasteiger partial charge < -0.3 is 10.4 Å². The van der Waals surface area contributed by atoms with Gasteiger partial charge in [0.25, 0.3) is 11.5 Å². The van der Waals surface area contributed by atoms with Crippen LogP contribution in [0, 0.1) is 13.8 Å². The average molecular weight is 357 g/mol. The van der Waals surface area contributed by atoms with Crippen LogP contribution in [0.4, 0.5) is 0 Å². The van der Waals surface area contributed by atoms with Gasteiger partial charge in [0.15, 0.2) is 5.13 Å². The van der Waals surface area contributed by atoms with Gasteiger partial charge in [-0.1, -0.05) is 11.3 Å². The highest BCUT2D eigenvalue weighted by Gasteiger charge is 2.17. The number of aromatic nitrogens is 4.